The fraction of sp³-hybridized carbons (Fsp3) is 0.333. The Morgan fingerprint density at radius 3 is 2.62 bits per heavy atom. The Morgan fingerprint density at radius 2 is 1.88 bits per heavy atom. The number of aromatic nitrogens is 3. The lowest BCUT2D eigenvalue weighted by Crippen LogP contribution is -2.38. The van der Waals surface area contributed by atoms with Crippen LogP contribution in [0.1, 0.15) is 24.4 Å². The van der Waals surface area contributed by atoms with Crippen LogP contribution in [0.4, 0.5) is 5.82 Å². The molecule has 1 aromatic carbocycles. The lowest BCUT2D eigenvalue weighted by atomic mass is 9.86. The molecule has 1 aliphatic heterocycles. The fourth-order valence-electron chi connectivity index (χ4n) is 3.54. The number of halogens is 1. The molecule has 0 saturated carbocycles. The molecule has 124 valence electrons. The number of hydrogen-bond donors (Lipinski definition) is 2. The van der Waals surface area contributed by atoms with Crippen molar-refractivity contribution in [1.82, 2.24) is 15.0 Å². The first-order valence-corrected chi connectivity index (χ1v) is 8.64. The van der Waals surface area contributed by atoms with Gasteiger partial charge in [-0.05, 0) is 42.5 Å². The van der Waals surface area contributed by atoms with Crippen molar-refractivity contribution in [2.24, 2.45) is 11.7 Å². The van der Waals surface area contributed by atoms with E-state index >= 15 is 0 Å². The molecule has 4 rings (SSSR count). The van der Waals surface area contributed by atoms with Crippen molar-refractivity contribution in [3.63, 3.8) is 0 Å². The molecular formula is C18H20ClN5. The molecule has 1 fully saturated rings. The van der Waals surface area contributed by atoms with Gasteiger partial charge >= 0.3 is 0 Å². The van der Waals surface area contributed by atoms with E-state index in [1.165, 1.54) is 0 Å². The smallest absolute Gasteiger partial charge is 0.142 e. The zero-order chi connectivity index (χ0) is 16.5. The molecule has 24 heavy (non-hydrogen) atoms. The van der Waals surface area contributed by atoms with E-state index in [1.54, 1.807) is 6.33 Å². The van der Waals surface area contributed by atoms with Gasteiger partial charge in [0.15, 0.2) is 0 Å². The number of nitrogens with two attached hydrogens (primary N) is 1. The van der Waals surface area contributed by atoms with E-state index in [0.717, 1.165) is 53.4 Å². The van der Waals surface area contributed by atoms with Crippen molar-refractivity contribution in [2.45, 2.75) is 18.9 Å². The van der Waals surface area contributed by atoms with E-state index in [1.807, 2.05) is 36.5 Å². The monoisotopic (exact) mass is 341 g/mol. The Kier molecular flexibility index (Phi) is 4.12. The molecule has 3 heterocycles. The highest BCUT2D eigenvalue weighted by molar-refractivity contribution is 6.30. The highest BCUT2D eigenvalue weighted by Gasteiger charge is 2.26. The molecule has 0 spiro atoms. The summed E-state index contributed by atoms with van der Waals surface area (Å²) in [6.07, 6.45) is 5.64. The van der Waals surface area contributed by atoms with Gasteiger partial charge in [0.1, 0.15) is 17.8 Å². The van der Waals surface area contributed by atoms with Crippen molar-refractivity contribution in [3.05, 3.63) is 53.4 Å². The molecule has 3 aromatic rings. The van der Waals surface area contributed by atoms with E-state index in [4.69, 9.17) is 17.3 Å². The quantitative estimate of drug-likeness (QED) is 0.764. The summed E-state index contributed by atoms with van der Waals surface area (Å²) in [5.74, 6) is 1.49. The number of aromatic amines is 1. The first-order chi connectivity index (χ1) is 11.7. The summed E-state index contributed by atoms with van der Waals surface area (Å²) in [5.41, 5.74) is 8.53. The summed E-state index contributed by atoms with van der Waals surface area (Å²) >= 11 is 5.97. The van der Waals surface area contributed by atoms with Crippen LogP contribution in [0.15, 0.2) is 42.9 Å². The van der Waals surface area contributed by atoms with E-state index in [0.29, 0.717) is 5.92 Å². The van der Waals surface area contributed by atoms with Gasteiger partial charge in [0.05, 0.1) is 5.39 Å². The summed E-state index contributed by atoms with van der Waals surface area (Å²) in [6, 6.07) is 9.99. The third kappa shape index (κ3) is 2.85. The lowest BCUT2D eigenvalue weighted by molar-refractivity contribution is 0.344. The maximum Gasteiger partial charge on any atom is 0.142 e. The van der Waals surface area contributed by atoms with E-state index in [2.05, 4.69) is 19.9 Å². The number of benzene rings is 1. The molecule has 1 atom stereocenters. The van der Waals surface area contributed by atoms with Gasteiger partial charge in [0.2, 0.25) is 0 Å². The van der Waals surface area contributed by atoms with Gasteiger partial charge in [-0.1, -0.05) is 23.7 Å². The van der Waals surface area contributed by atoms with Crippen molar-refractivity contribution in [2.75, 3.05) is 18.0 Å². The van der Waals surface area contributed by atoms with Crippen LogP contribution in [0, 0.1) is 5.92 Å². The van der Waals surface area contributed by atoms with Gasteiger partial charge in [0, 0.05) is 30.4 Å². The van der Waals surface area contributed by atoms with Crippen molar-refractivity contribution in [3.8, 4) is 0 Å². The molecule has 2 aromatic heterocycles. The van der Waals surface area contributed by atoms with Crippen LogP contribution in [0.3, 0.4) is 0 Å². The Morgan fingerprint density at radius 1 is 1.12 bits per heavy atom. The number of hydrogen-bond acceptors (Lipinski definition) is 4. The number of nitrogens with one attached hydrogen (secondary N) is 1. The largest absolute Gasteiger partial charge is 0.356 e. The summed E-state index contributed by atoms with van der Waals surface area (Å²) in [7, 11) is 0. The number of anilines is 1. The molecule has 3 N–H and O–H groups in total. The Labute approximate surface area is 145 Å². The summed E-state index contributed by atoms with van der Waals surface area (Å²) < 4.78 is 0. The minimum Gasteiger partial charge on any atom is -0.356 e. The van der Waals surface area contributed by atoms with Gasteiger partial charge in [-0.2, -0.15) is 0 Å². The van der Waals surface area contributed by atoms with Crippen LogP contribution in [0.25, 0.3) is 11.0 Å². The minimum absolute atomic E-state index is 0.0575. The van der Waals surface area contributed by atoms with Crippen LogP contribution < -0.4 is 10.6 Å². The normalized spacial score (nSPS) is 17.3. The molecule has 0 unspecified atom stereocenters. The van der Waals surface area contributed by atoms with Crippen LogP contribution in [-0.2, 0) is 0 Å². The summed E-state index contributed by atoms with van der Waals surface area (Å²) in [4.78, 5) is 14.2. The molecular weight excluding hydrogens is 322 g/mol. The molecule has 0 amide bonds. The maximum atomic E-state index is 6.49. The molecule has 6 heteroatoms. The van der Waals surface area contributed by atoms with Crippen molar-refractivity contribution >= 4 is 28.5 Å². The zero-order valence-corrected chi connectivity index (χ0v) is 14.1. The third-order valence-electron chi connectivity index (χ3n) is 4.93. The van der Waals surface area contributed by atoms with E-state index < -0.39 is 0 Å². The Balaban J connectivity index is 1.47. The van der Waals surface area contributed by atoms with Crippen molar-refractivity contribution in [1.29, 1.82) is 0 Å². The average Bonchev–Trinajstić information content (AvgIpc) is 3.11. The highest BCUT2D eigenvalue weighted by Crippen LogP contribution is 2.32. The first kappa shape index (κ1) is 15.4. The van der Waals surface area contributed by atoms with E-state index in [-0.39, 0.29) is 6.04 Å². The Hall–Kier alpha value is -2.11. The van der Waals surface area contributed by atoms with Crippen LogP contribution in [0.5, 0.6) is 0 Å². The molecule has 5 nitrogen and oxygen atoms in total. The van der Waals surface area contributed by atoms with Crippen LogP contribution in [0.2, 0.25) is 5.02 Å². The van der Waals surface area contributed by atoms with Gasteiger partial charge in [0.25, 0.3) is 0 Å². The molecule has 0 bridgehead atoms. The standard InChI is InChI=1S/C18H20ClN5/c19-14-3-1-12(2-4-14)16(20)13-6-9-24(10-7-13)18-15-5-8-21-17(15)22-11-23-18/h1-5,8,11,13,16H,6-7,9-10,20H2,(H,21,22,23)/t16-/m0/s1. The molecule has 0 aliphatic carbocycles. The van der Waals surface area contributed by atoms with Gasteiger partial charge in [-0.3, -0.25) is 0 Å². The second-order valence-electron chi connectivity index (χ2n) is 6.34. The van der Waals surface area contributed by atoms with Crippen LogP contribution >= 0.6 is 11.6 Å². The molecule has 0 radical (unpaired) electrons. The zero-order valence-electron chi connectivity index (χ0n) is 13.3. The Bertz CT molecular complexity index is 821. The van der Waals surface area contributed by atoms with E-state index in [9.17, 15) is 0 Å². The SMILES string of the molecule is N[C@@H](c1ccc(Cl)cc1)C1CCN(c2ncnc3[nH]ccc23)CC1. The number of nitrogens with zero attached hydrogens (tertiary/aromatic N) is 3. The fourth-order valence-corrected chi connectivity index (χ4v) is 3.66. The number of piperidine rings is 1. The van der Waals surface area contributed by atoms with Gasteiger partial charge < -0.3 is 15.6 Å². The second kappa shape index (κ2) is 6.42. The number of rotatable bonds is 3. The summed E-state index contributed by atoms with van der Waals surface area (Å²) in [5, 5.41) is 1.83. The summed E-state index contributed by atoms with van der Waals surface area (Å²) in [6.45, 7) is 1.92. The number of fused-ring (bicyclic) bond motifs is 1. The first-order valence-electron chi connectivity index (χ1n) is 8.26. The van der Waals surface area contributed by atoms with Crippen molar-refractivity contribution < 1.29 is 0 Å². The van der Waals surface area contributed by atoms with Gasteiger partial charge in [-0.15, -0.1) is 0 Å². The second-order valence-corrected chi connectivity index (χ2v) is 6.78. The predicted octanol–water partition coefficient (Wildman–Crippen LogP) is 3.53. The van der Waals surface area contributed by atoms with Crippen LogP contribution in [-0.4, -0.2) is 28.0 Å². The predicted molar refractivity (Wildman–Crippen MR) is 97.2 cm³/mol. The molecule has 1 aliphatic rings. The van der Waals surface area contributed by atoms with Gasteiger partial charge in [-0.25, -0.2) is 9.97 Å². The number of H-pyrrole nitrogens is 1. The third-order valence-corrected chi connectivity index (χ3v) is 5.19. The minimum atomic E-state index is 0.0575. The highest BCUT2D eigenvalue weighted by atomic mass is 35.5. The topological polar surface area (TPSA) is 70.8 Å². The lowest BCUT2D eigenvalue weighted by Gasteiger charge is -2.35. The maximum absolute atomic E-state index is 6.49. The molecule has 1 saturated heterocycles. The average molecular weight is 342 g/mol.